The molecule has 1 fully saturated rings. The average molecular weight is 390 g/mol. The number of amides is 1. The van der Waals surface area contributed by atoms with Crippen LogP contribution in [-0.4, -0.2) is 39.4 Å². The molecule has 1 aromatic carbocycles. The van der Waals surface area contributed by atoms with Crippen LogP contribution < -0.4 is 0 Å². The predicted octanol–water partition coefficient (Wildman–Crippen LogP) is 3.28. The molecule has 1 amide bonds. The van der Waals surface area contributed by atoms with E-state index in [9.17, 15) is 4.79 Å². The molecule has 1 aliphatic carbocycles. The molecule has 0 N–H and O–H groups in total. The minimum Gasteiger partial charge on any atom is -0.442 e. The smallest absolute Gasteiger partial charge is 0.257 e. The number of rotatable bonds is 5. The van der Waals surface area contributed by atoms with Crippen molar-refractivity contribution in [1.29, 1.82) is 0 Å². The molecule has 2 aromatic heterocycles. The van der Waals surface area contributed by atoms with Crippen molar-refractivity contribution >= 4 is 5.91 Å². The van der Waals surface area contributed by atoms with Crippen molar-refractivity contribution in [3.05, 3.63) is 77.0 Å². The summed E-state index contributed by atoms with van der Waals surface area (Å²) in [4.78, 5) is 28.0. The summed E-state index contributed by atoms with van der Waals surface area (Å²) in [5.41, 5.74) is 2.28. The SMILES string of the molecule is COC(c1ccccc1)c1nc2c(o1)CCN(C(=O)c1cnc(C3CC3)nc1)C2. The molecule has 29 heavy (non-hydrogen) atoms. The van der Waals surface area contributed by atoms with E-state index in [-0.39, 0.29) is 12.0 Å². The van der Waals surface area contributed by atoms with Crippen LogP contribution in [0.5, 0.6) is 0 Å². The second kappa shape index (κ2) is 7.40. The summed E-state index contributed by atoms with van der Waals surface area (Å²) in [5, 5.41) is 0. The molecule has 1 aliphatic heterocycles. The van der Waals surface area contributed by atoms with Gasteiger partial charge in [0.25, 0.3) is 5.91 Å². The minimum atomic E-state index is -0.366. The van der Waals surface area contributed by atoms with Crippen LogP contribution in [0.4, 0.5) is 0 Å². The second-order valence-corrected chi connectivity index (χ2v) is 7.53. The Kier molecular flexibility index (Phi) is 4.60. The summed E-state index contributed by atoms with van der Waals surface area (Å²) in [6.07, 6.45) is 5.82. The van der Waals surface area contributed by atoms with Gasteiger partial charge in [-0.25, -0.2) is 15.0 Å². The van der Waals surface area contributed by atoms with Crippen LogP contribution in [-0.2, 0) is 17.7 Å². The van der Waals surface area contributed by atoms with E-state index in [2.05, 4.69) is 15.0 Å². The number of carbonyl (C=O) groups is 1. The summed E-state index contributed by atoms with van der Waals surface area (Å²) < 4.78 is 11.6. The van der Waals surface area contributed by atoms with Crippen molar-refractivity contribution in [2.24, 2.45) is 0 Å². The van der Waals surface area contributed by atoms with Crippen LogP contribution in [0.3, 0.4) is 0 Å². The third kappa shape index (κ3) is 3.53. The zero-order chi connectivity index (χ0) is 19.8. The average Bonchev–Trinajstić information content (AvgIpc) is 3.54. The maximum Gasteiger partial charge on any atom is 0.257 e. The van der Waals surface area contributed by atoms with E-state index in [0.717, 1.165) is 35.7 Å². The molecule has 0 bridgehead atoms. The number of ether oxygens (including phenoxy) is 1. The van der Waals surface area contributed by atoms with Crippen LogP contribution >= 0.6 is 0 Å². The first kappa shape index (κ1) is 18.0. The number of fused-ring (bicyclic) bond motifs is 1. The Hall–Kier alpha value is -3.06. The highest BCUT2D eigenvalue weighted by molar-refractivity contribution is 5.93. The Morgan fingerprint density at radius 2 is 1.97 bits per heavy atom. The standard InChI is InChI=1S/C22H22N4O3/c1-28-19(14-5-3-2-4-6-14)21-25-17-13-26(10-9-18(17)29-21)22(27)16-11-23-20(24-12-16)15-7-8-15/h2-6,11-12,15,19H,7-10,13H2,1H3. The number of hydrogen-bond donors (Lipinski definition) is 0. The first-order chi connectivity index (χ1) is 14.2. The first-order valence-corrected chi connectivity index (χ1v) is 9.90. The van der Waals surface area contributed by atoms with Gasteiger partial charge < -0.3 is 14.1 Å². The van der Waals surface area contributed by atoms with Gasteiger partial charge >= 0.3 is 0 Å². The third-order valence-corrected chi connectivity index (χ3v) is 5.45. The monoisotopic (exact) mass is 390 g/mol. The molecule has 5 rings (SSSR count). The molecular weight excluding hydrogens is 368 g/mol. The Labute approximate surface area is 168 Å². The predicted molar refractivity (Wildman–Crippen MR) is 104 cm³/mol. The van der Waals surface area contributed by atoms with Crippen molar-refractivity contribution in [3.8, 4) is 0 Å². The lowest BCUT2D eigenvalue weighted by Gasteiger charge is -2.25. The van der Waals surface area contributed by atoms with Crippen LogP contribution in [0.1, 0.15) is 64.0 Å². The van der Waals surface area contributed by atoms with Gasteiger partial charge in [-0.3, -0.25) is 4.79 Å². The number of methoxy groups -OCH3 is 1. The van der Waals surface area contributed by atoms with Gasteiger partial charge in [0.1, 0.15) is 17.3 Å². The number of benzene rings is 1. The number of oxazole rings is 1. The van der Waals surface area contributed by atoms with Gasteiger partial charge in [-0.15, -0.1) is 0 Å². The fourth-order valence-corrected chi connectivity index (χ4v) is 3.69. The number of hydrogen-bond acceptors (Lipinski definition) is 6. The van der Waals surface area contributed by atoms with E-state index in [1.165, 1.54) is 0 Å². The van der Waals surface area contributed by atoms with Gasteiger partial charge in [-0.2, -0.15) is 0 Å². The molecule has 2 aliphatic rings. The molecule has 0 spiro atoms. The molecule has 3 aromatic rings. The topological polar surface area (TPSA) is 81.4 Å². The van der Waals surface area contributed by atoms with Crippen molar-refractivity contribution in [1.82, 2.24) is 19.9 Å². The maximum atomic E-state index is 12.9. The molecule has 1 unspecified atom stereocenters. The van der Waals surface area contributed by atoms with Crippen molar-refractivity contribution < 1.29 is 13.9 Å². The van der Waals surface area contributed by atoms with Gasteiger partial charge in [-0.05, 0) is 18.4 Å². The Bertz CT molecular complexity index is 1010. The van der Waals surface area contributed by atoms with E-state index in [1.807, 2.05) is 30.3 Å². The van der Waals surface area contributed by atoms with Crippen LogP contribution in [0.25, 0.3) is 0 Å². The summed E-state index contributed by atoms with van der Waals surface area (Å²) >= 11 is 0. The van der Waals surface area contributed by atoms with E-state index < -0.39 is 0 Å². The van der Waals surface area contributed by atoms with Crippen LogP contribution in [0, 0.1) is 0 Å². The summed E-state index contributed by atoms with van der Waals surface area (Å²) in [6, 6.07) is 9.85. The third-order valence-electron chi connectivity index (χ3n) is 5.45. The fourth-order valence-electron chi connectivity index (χ4n) is 3.69. The van der Waals surface area contributed by atoms with Gasteiger partial charge in [-0.1, -0.05) is 30.3 Å². The van der Waals surface area contributed by atoms with Gasteiger partial charge in [0, 0.05) is 38.4 Å². The molecule has 0 radical (unpaired) electrons. The fraction of sp³-hybridized carbons (Fsp3) is 0.364. The highest BCUT2D eigenvalue weighted by Crippen LogP contribution is 2.37. The van der Waals surface area contributed by atoms with E-state index in [4.69, 9.17) is 9.15 Å². The molecule has 148 valence electrons. The maximum absolute atomic E-state index is 12.9. The lowest BCUT2D eigenvalue weighted by atomic mass is 10.1. The quantitative estimate of drug-likeness (QED) is 0.665. The summed E-state index contributed by atoms with van der Waals surface area (Å²) in [5.74, 6) is 2.59. The van der Waals surface area contributed by atoms with E-state index >= 15 is 0 Å². The Morgan fingerprint density at radius 1 is 1.21 bits per heavy atom. The Balaban J connectivity index is 1.33. The normalized spacial score (nSPS) is 17.1. The Morgan fingerprint density at radius 3 is 2.66 bits per heavy atom. The molecule has 1 saturated carbocycles. The number of nitrogens with zero attached hydrogens (tertiary/aromatic N) is 4. The van der Waals surface area contributed by atoms with Gasteiger partial charge in [0.2, 0.25) is 5.89 Å². The highest BCUT2D eigenvalue weighted by Gasteiger charge is 2.30. The minimum absolute atomic E-state index is 0.0751. The molecule has 7 nitrogen and oxygen atoms in total. The lowest BCUT2D eigenvalue weighted by Crippen LogP contribution is -2.36. The van der Waals surface area contributed by atoms with Crippen molar-refractivity contribution in [3.63, 3.8) is 0 Å². The first-order valence-electron chi connectivity index (χ1n) is 9.90. The summed E-state index contributed by atoms with van der Waals surface area (Å²) in [7, 11) is 1.64. The van der Waals surface area contributed by atoms with E-state index in [1.54, 1.807) is 24.4 Å². The molecule has 7 heteroatoms. The number of carbonyl (C=O) groups excluding carboxylic acids is 1. The zero-order valence-corrected chi connectivity index (χ0v) is 16.2. The molecular formula is C22H22N4O3. The van der Waals surface area contributed by atoms with Gasteiger partial charge in [0.15, 0.2) is 6.10 Å². The molecule has 0 saturated heterocycles. The van der Waals surface area contributed by atoms with Crippen LogP contribution in [0.2, 0.25) is 0 Å². The number of aromatic nitrogens is 3. The largest absolute Gasteiger partial charge is 0.442 e. The lowest BCUT2D eigenvalue weighted by molar-refractivity contribution is 0.0726. The van der Waals surface area contributed by atoms with Crippen molar-refractivity contribution in [2.45, 2.75) is 37.8 Å². The molecule has 3 heterocycles. The second-order valence-electron chi connectivity index (χ2n) is 7.53. The van der Waals surface area contributed by atoms with Gasteiger partial charge in [0.05, 0.1) is 12.1 Å². The summed E-state index contributed by atoms with van der Waals surface area (Å²) in [6.45, 7) is 0.987. The van der Waals surface area contributed by atoms with E-state index in [0.29, 0.717) is 36.9 Å². The zero-order valence-electron chi connectivity index (χ0n) is 16.2. The highest BCUT2D eigenvalue weighted by atomic mass is 16.5. The van der Waals surface area contributed by atoms with Crippen molar-refractivity contribution in [2.75, 3.05) is 13.7 Å². The van der Waals surface area contributed by atoms with Crippen LogP contribution in [0.15, 0.2) is 47.1 Å². The molecule has 1 atom stereocenters.